The highest BCUT2D eigenvalue weighted by atomic mass is 16.5. The zero-order chi connectivity index (χ0) is 15.4. The number of ether oxygens (including phenoxy) is 2. The molecule has 0 aliphatic heterocycles. The molecule has 21 heavy (non-hydrogen) atoms. The number of benzene rings is 1. The van der Waals surface area contributed by atoms with Gasteiger partial charge in [-0.25, -0.2) is 4.68 Å². The van der Waals surface area contributed by atoms with Crippen LogP contribution < -0.4 is 14.8 Å². The van der Waals surface area contributed by atoms with Gasteiger partial charge in [0.15, 0.2) is 0 Å². The van der Waals surface area contributed by atoms with Gasteiger partial charge in [0.25, 0.3) is 0 Å². The molecule has 5 heteroatoms. The van der Waals surface area contributed by atoms with Gasteiger partial charge in [0.1, 0.15) is 17.2 Å². The Labute approximate surface area is 125 Å². The number of nitrogens with zero attached hydrogens (tertiary/aromatic N) is 2. The van der Waals surface area contributed by atoms with Crippen molar-refractivity contribution >= 4 is 0 Å². The SMILES string of the molecule is CCNCc1c(C)nn(-c2ccc(OC)cc2OC)c1C. The maximum absolute atomic E-state index is 5.47. The molecule has 1 heterocycles. The fraction of sp³-hybridized carbons (Fsp3) is 0.438. The summed E-state index contributed by atoms with van der Waals surface area (Å²) in [4.78, 5) is 0. The summed E-state index contributed by atoms with van der Waals surface area (Å²) in [6.45, 7) is 7.98. The van der Waals surface area contributed by atoms with Gasteiger partial charge >= 0.3 is 0 Å². The van der Waals surface area contributed by atoms with Crippen LogP contribution in [0.25, 0.3) is 5.69 Å². The third-order valence-electron chi connectivity index (χ3n) is 3.61. The van der Waals surface area contributed by atoms with E-state index in [0.29, 0.717) is 0 Å². The number of aryl methyl sites for hydroxylation is 1. The van der Waals surface area contributed by atoms with Gasteiger partial charge in [0.2, 0.25) is 0 Å². The summed E-state index contributed by atoms with van der Waals surface area (Å²) in [5.74, 6) is 1.51. The first kappa shape index (κ1) is 15.4. The molecule has 2 aromatic rings. The van der Waals surface area contributed by atoms with Gasteiger partial charge in [-0.3, -0.25) is 0 Å². The van der Waals surface area contributed by atoms with Crippen molar-refractivity contribution in [2.75, 3.05) is 20.8 Å². The van der Waals surface area contributed by atoms with Gasteiger partial charge in [0, 0.05) is 23.9 Å². The Balaban J connectivity index is 2.47. The number of nitrogens with one attached hydrogen (secondary N) is 1. The maximum Gasteiger partial charge on any atom is 0.148 e. The van der Waals surface area contributed by atoms with Crippen molar-refractivity contribution in [3.63, 3.8) is 0 Å². The van der Waals surface area contributed by atoms with E-state index in [1.165, 1.54) is 5.56 Å². The molecule has 0 spiro atoms. The summed E-state index contributed by atoms with van der Waals surface area (Å²) in [5, 5.41) is 8.01. The Morgan fingerprint density at radius 3 is 2.57 bits per heavy atom. The van der Waals surface area contributed by atoms with Gasteiger partial charge in [-0.1, -0.05) is 6.92 Å². The molecule has 1 aromatic heterocycles. The summed E-state index contributed by atoms with van der Waals surface area (Å²) < 4.78 is 12.6. The molecule has 0 radical (unpaired) electrons. The van der Waals surface area contributed by atoms with Crippen LogP contribution in [0.2, 0.25) is 0 Å². The molecule has 5 nitrogen and oxygen atoms in total. The van der Waals surface area contributed by atoms with E-state index < -0.39 is 0 Å². The smallest absolute Gasteiger partial charge is 0.148 e. The van der Waals surface area contributed by atoms with E-state index in [1.807, 2.05) is 29.8 Å². The molecule has 0 fully saturated rings. The van der Waals surface area contributed by atoms with Crippen molar-refractivity contribution in [1.82, 2.24) is 15.1 Å². The van der Waals surface area contributed by atoms with Crippen molar-refractivity contribution in [3.05, 3.63) is 35.2 Å². The molecule has 0 aliphatic rings. The summed E-state index contributed by atoms with van der Waals surface area (Å²) in [6, 6.07) is 5.75. The molecular formula is C16H23N3O2. The topological polar surface area (TPSA) is 48.3 Å². The number of methoxy groups -OCH3 is 2. The third kappa shape index (κ3) is 3.03. The van der Waals surface area contributed by atoms with Gasteiger partial charge in [0.05, 0.1) is 19.9 Å². The lowest BCUT2D eigenvalue weighted by molar-refractivity contribution is 0.392. The predicted octanol–water partition coefficient (Wildman–Crippen LogP) is 2.62. The maximum atomic E-state index is 5.47. The van der Waals surface area contributed by atoms with E-state index in [2.05, 4.69) is 24.3 Å². The quantitative estimate of drug-likeness (QED) is 0.888. The first-order valence-electron chi connectivity index (χ1n) is 7.10. The van der Waals surface area contributed by atoms with Crippen LogP contribution in [0.4, 0.5) is 0 Å². The van der Waals surface area contributed by atoms with Crippen molar-refractivity contribution < 1.29 is 9.47 Å². The highest BCUT2D eigenvalue weighted by Gasteiger charge is 2.15. The van der Waals surface area contributed by atoms with Crippen molar-refractivity contribution in [3.8, 4) is 17.2 Å². The Morgan fingerprint density at radius 2 is 1.95 bits per heavy atom. The highest BCUT2D eigenvalue weighted by molar-refractivity contribution is 5.52. The van der Waals surface area contributed by atoms with Crippen LogP contribution in [0, 0.1) is 13.8 Å². The van der Waals surface area contributed by atoms with Crippen molar-refractivity contribution in [1.29, 1.82) is 0 Å². The predicted molar refractivity (Wildman–Crippen MR) is 83.5 cm³/mol. The van der Waals surface area contributed by atoms with Crippen LogP contribution in [-0.2, 0) is 6.54 Å². The zero-order valence-electron chi connectivity index (χ0n) is 13.4. The molecule has 0 bridgehead atoms. The van der Waals surface area contributed by atoms with Crippen molar-refractivity contribution in [2.45, 2.75) is 27.3 Å². The minimum Gasteiger partial charge on any atom is -0.497 e. The van der Waals surface area contributed by atoms with Gasteiger partial charge in [-0.05, 0) is 32.5 Å². The Bertz CT molecular complexity index is 620. The Kier molecular flexibility index (Phi) is 4.85. The number of hydrogen-bond donors (Lipinski definition) is 1. The average molecular weight is 289 g/mol. The first-order chi connectivity index (χ1) is 10.1. The molecule has 0 amide bonds. The summed E-state index contributed by atoms with van der Waals surface area (Å²) in [6.07, 6.45) is 0. The number of rotatable bonds is 6. The lowest BCUT2D eigenvalue weighted by Crippen LogP contribution is -2.13. The molecule has 0 unspecified atom stereocenters. The van der Waals surface area contributed by atoms with Crippen molar-refractivity contribution in [2.24, 2.45) is 0 Å². The van der Waals surface area contributed by atoms with Crippen LogP contribution in [0.1, 0.15) is 23.9 Å². The van der Waals surface area contributed by atoms with E-state index in [-0.39, 0.29) is 0 Å². The monoisotopic (exact) mass is 289 g/mol. The number of aromatic nitrogens is 2. The van der Waals surface area contributed by atoms with E-state index >= 15 is 0 Å². The Hall–Kier alpha value is -2.01. The van der Waals surface area contributed by atoms with E-state index in [1.54, 1.807) is 14.2 Å². The largest absolute Gasteiger partial charge is 0.497 e. The molecule has 1 N–H and O–H groups in total. The van der Waals surface area contributed by atoms with Crippen LogP contribution in [0.15, 0.2) is 18.2 Å². The van der Waals surface area contributed by atoms with E-state index in [0.717, 1.165) is 41.7 Å². The van der Waals surface area contributed by atoms with E-state index in [4.69, 9.17) is 9.47 Å². The average Bonchev–Trinajstić information content (AvgIpc) is 2.79. The van der Waals surface area contributed by atoms with Gasteiger partial charge in [-0.15, -0.1) is 0 Å². The fourth-order valence-corrected chi connectivity index (χ4v) is 2.38. The summed E-state index contributed by atoms with van der Waals surface area (Å²) in [5.41, 5.74) is 4.31. The first-order valence-corrected chi connectivity index (χ1v) is 7.10. The second kappa shape index (κ2) is 6.63. The number of hydrogen-bond acceptors (Lipinski definition) is 4. The molecule has 2 rings (SSSR count). The summed E-state index contributed by atoms with van der Waals surface area (Å²) in [7, 11) is 3.30. The lowest BCUT2D eigenvalue weighted by Gasteiger charge is -2.12. The van der Waals surface area contributed by atoms with Crippen LogP contribution >= 0.6 is 0 Å². The molecule has 0 atom stereocenters. The molecule has 0 saturated heterocycles. The fourth-order valence-electron chi connectivity index (χ4n) is 2.38. The Morgan fingerprint density at radius 1 is 1.19 bits per heavy atom. The molecule has 0 aliphatic carbocycles. The molecule has 114 valence electrons. The van der Waals surface area contributed by atoms with Gasteiger partial charge < -0.3 is 14.8 Å². The second-order valence-corrected chi connectivity index (χ2v) is 4.88. The van der Waals surface area contributed by atoms with Crippen LogP contribution in [-0.4, -0.2) is 30.5 Å². The van der Waals surface area contributed by atoms with Crippen LogP contribution in [0.3, 0.4) is 0 Å². The van der Waals surface area contributed by atoms with Gasteiger partial charge in [-0.2, -0.15) is 5.10 Å². The lowest BCUT2D eigenvalue weighted by atomic mass is 10.2. The molecule has 0 saturated carbocycles. The molecular weight excluding hydrogens is 266 g/mol. The highest BCUT2D eigenvalue weighted by Crippen LogP contribution is 2.29. The molecule has 1 aromatic carbocycles. The normalized spacial score (nSPS) is 10.7. The van der Waals surface area contributed by atoms with E-state index in [9.17, 15) is 0 Å². The third-order valence-corrected chi connectivity index (χ3v) is 3.61. The minimum absolute atomic E-state index is 0.745. The minimum atomic E-state index is 0.745. The summed E-state index contributed by atoms with van der Waals surface area (Å²) >= 11 is 0. The second-order valence-electron chi connectivity index (χ2n) is 4.88. The standard InChI is InChI=1S/C16H23N3O2/c1-6-17-10-14-11(2)18-19(12(14)3)15-8-7-13(20-4)9-16(15)21-5/h7-9,17H,6,10H2,1-5H3. The van der Waals surface area contributed by atoms with Crippen LogP contribution in [0.5, 0.6) is 11.5 Å². The zero-order valence-corrected chi connectivity index (χ0v) is 13.4.